The van der Waals surface area contributed by atoms with Crippen molar-refractivity contribution in [2.75, 3.05) is 13.1 Å². The number of aliphatic carboxylic acids is 1. The van der Waals surface area contributed by atoms with E-state index in [0.29, 0.717) is 6.04 Å². The molecule has 2 amide bonds. The smallest absolute Gasteiger partial charge is 0.332 e. The second kappa shape index (κ2) is 6.44. The number of nitrogens with one attached hydrogen (secondary N) is 1. The highest BCUT2D eigenvalue weighted by atomic mass is 16.4. The van der Waals surface area contributed by atoms with E-state index in [1.54, 1.807) is 4.90 Å². The first-order valence-electron chi connectivity index (χ1n) is 6.01. The molecule has 1 atom stereocenters. The molecule has 1 rings (SSSR count). The Kier molecular flexibility index (Phi) is 5.21. The zero-order valence-electron chi connectivity index (χ0n) is 10.1. The molecule has 0 unspecified atom stereocenters. The van der Waals surface area contributed by atoms with Crippen molar-refractivity contribution in [2.45, 2.75) is 44.8 Å². The van der Waals surface area contributed by atoms with Crippen molar-refractivity contribution in [2.24, 2.45) is 0 Å². The number of carboxylic acids is 1. The topological polar surface area (TPSA) is 89.9 Å². The van der Waals surface area contributed by atoms with Gasteiger partial charge in [-0.2, -0.15) is 0 Å². The van der Waals surface area contributed by atoms with Gasteiger partial charge in [0, 0.05) is 25.6 Å². The van der Waals surface area contributed by atoms with Crippen LogP contribution in [-0.2, 0) is 4.79 Å². The molecule has 6 heteroatoms. The minimum atomic E-state index is -1.41. The summed E-state index contributed by atoms with van der Waals surface area (Å²) in [7, 11) is 0. The molecule has 0 aromatic heterocycles. The lowest BCUT2D eigenvalue weighted by Gasteiger charge is -2.22. The summed E-state index contributed by atoms with van der Waals surface area (Å²) in [6, 6.07) is 0.186. The van der Waals surface area contributed by atoms with Gasteiger partial charge in [0.15, 0.2) is 6.10 Å². The molecule has 17 heavy (non-hydrogen) atoms. The molecule has 0 radical (unpaired) electrons. The number of carbonyl (C=O) groups is 2. The van der Waals surface area contributed by atoms with Gasteiger partial charge in [-0.15, -0.1) is 0 Å². The van der Waals surface area contributed by atoms with Crippen molar-refractivity contribution >= 4 is 12.0 Å². The third-order valence-electron chi connectivity index (χ3n) is 2.69. The molecule has 1 aliphatic carbocycles. The Morgan fingerprint density at radius 2 is 2.12 bits per heavy atom. The maximum atomic E-state index is 11.8. The minimum Gasteiger partial charge on any atom is -0.479 e. The predicted molar refractivity (Wildman–Crippen MR) is 61.7 cm³/mol. The number of rotatable bonds is 7. The van der Waals surface area contributed by atoms with Crippen LogP contribution in [-0.4, -0.2) is 52.3 Å². The average molecular weight is 244 g/mol. The standard InChI is InChI=1S/C11H20N2O4/c1-2-7-13(8-3-4-8)11(17)12-6-5-9(14)10(15)16/h8-9,14H,2-7H2,1H3,(H,12,17)(H,15,16)/t9-/m0/s1. The predicted octanol–water partition coefficient (Wildman–Crippen LogP) is 0.406. The Bertz CT molecular complexity index is 279. The summed E-state index contributed by atoms with van der Waals surface area (Å²) in [6.45, 7) is 2.91. The third-order valence-corrected chi connectivity index (χ3v) is 2.69. The second-order valence-corrected chi connectivity index (χ2v) is 4.30. The summed E-state index contributed by atoms with van der Waals surface area (Å²) < 4.78 is 0. The Labute approximate surface area is 101 Å². The van der Waals surface area contributed by atoms with Crippen LogP contribution in [0.3, 0.4) is 0 Å². The summed E-state index contributed by atoms with van der Waals surface area (Å²) >= 11 is 0. The zero-order valence-corrected chi connectivity index (χ0v) is 10.1. The van der Waals surface area contributed by atoms with Gasteiger partial charge >= 0.3 is 12.0 Å². The molecule has 0 aromatic carbocycles. The molecule has 0 heterocycles. The van der Waals surface area contributed by atoms with Gasteiger partial charge in [0.25, 0.3) is 0 Å². The van der Waals surface area contributed by atoms with E-state index in [2.05, 4.69) is 5.32 Å². The fourth-order valence-electron chi connectivity index (χ4n) is 1.62. The highest BCUT2D eigenvalue weighted by Gasteiger charge is 2.31. The molecule has 0 spiro atoms. The number of hydrogen-bond donors (Lipinski definition) is 3. The van der Waals surface area contributed by atoms with Crippen molar-refractivity contribution in [3.8, 4) is 0 Å². The molecule has 0 aromatic rings. The van der Waals surface area contributed by atoms with Crippen molar-refractivity contribution in [1.82, 2.24) is 10.2 Å². The Hall–Kier alpha value is -1.30. The fourth-order valence-corrected chi connectivity index (χ4v) is 1.62. The minimum absolute atomic E-state index is 0.0334. The number of carbonyl (C=O) groups excluding carboxylic acids is 1. The van der Waals surface area contributed by atoms with Gasteiger partial charge in [-0.05, 0) is 19.3 Å². The van der Waals surface area contributed by atoms with Crippen molar-refractivity contribution in [3.63, 3.8) is 0 Å². The van der Waals surface area contributed by atoms with Crippen molar-refractivity contribution in [3.05, 3.63) is 0 Å². The van der Waals surface area contributed by atoms with Gasteiger partial charge in [0.2, 0.25) is 0 Å². The number of urea groups is 1. The molecule has 1 fully saturated rings. The number of hydrogen-bond acceptors (Lipinski definition) is 3. The number of aliphatic hydroxyl groups is 1. The van der Waals surface area contributed by atoms with E-state index in [4.69, 9.17) is 10.2 Å². The molecule has 6 nitrogen and oxygen atoms in total. The lowest BCUT2D eigenvalue weighted by molar-refractivity contribution is -0.146. The Morgan fingerprint density at radius 1 is 1.47 bits per heavy atom. The van der Waals surface area contributed by atoms with E-state index in [9.17, 15) is 9.59 Å². The van der Waals surface area contributed by atoms with Gasteiger partial charge in [-0.25, -0.2) is 9.59 Å². The van der Waals surface area contributed by atoms with E-state index < -0.39 is 12.1 Å². The fraction of sp³-hybridized carbons (Fsp3) is 0.818. The Morgan fingerprint density at radius 3 is 2.59 bits per heavy atom. The van der Waals surface area contributed by atoms with Gasteiger partial charge in [0.1, 0.15) is 0 Å². The first-order chi connectivity index (χ1) is 8.06. The van der Waals surface area contributed by atoms with Crippen LogP contribution < -0.4 is 5.32 Å². The summed E-state index contributed by atoms with van der Waals surface area (Å²) in [4.78, 5) is 23.9. The largest absolute Gasteiger partial charge is 0.479 e. The normalized spacial score (nSPS) is 16.4. The van der Waals surface area contributed by atoms with E-state index in [-0.39, 0.29) is 19.0 Å². The number of amides is 2. The van der Waals surface area contributed by atoms with Gasteiger partial charge in [-0.1, -0.05) is 6.92 Å². The van der Waals surface area contributed by atoms with Crippen LogP contribution in [0.25, 0.3) is 0 Å². The second-order valence-electron chi connectivity index (χ2n) is 4.30. The van der Waals surface area contributed by atoms with E-state index in [1.165, 1.54) is 0 Å². The molecule has 1 saturated carbocycles. The first kappa shape index (κ1) is 13.8. The van der Waals surface area contributed by atoms with Crippen molar-refractivity contribution < 1.29 is 19.8 Å². The Balaban J connectivity index is 2.25. The maximum Gasteiger partial charge on any atom is 0.332 e. The molecular formula is C11H20N2O4. The highest BCUT2D eigenvalue weighted by Crippen LogP contribution is 2.26. The van der Waals surface area contributed by atoms with Crippen LogP contribution in [0.15, 0.2) is 0 Å². The molecule has 0 bridgehead atoms. The molecular weight excluding hydrogens is 224 g/mol. The third kappa shape index (κ3) is 4.60. The number of nitrogens with zero attached hydrogens (tertiary/aromatic N) is 1. The first-order valence-corrected chi connectivity index (χ1v) is 6.01. The monoisotopic (exact) mass is 244 g/mol. The summed E-state index contributed by atoms with van der Waals surface area (Å²) in [6.07, 6.45) is 1.62. The van der Waals surface area contributed by atoms with Crippen LogP contribution in [0.4, 0.5) is 4.79 Å². The molecule has 0 aliphatic heterocycles. The van der Waals surface area contributed by atoms with E-state index in [0.717, 1.165) is 25.8 Å². The van der Waals surface area contributed by atoms with Crippen LogP contribution in [0.1, 0.15) is 32.6 Å². The molecule has 0 saturated heterocycles. The van der Waals surface area contributed by atoms with Gasteiger partial charge in [-0.3, -0.25) is 0 Å². The van der Waals surface area contributed by atoms with Crippen LogP contribution in [0.5, 0.6) is 0 Å². The molecule has 3 N–H and O–H groups in total. The number of carboxylic acid groups (broad SMARTS) is 1. The summed E-state index contributed by atoms with van der Waals surface area (Å²) in [5, 5.41) is 20.1. The van der Waals surface area contributed by atoms with Crippen LogP contribution >= 0.6 is 0 Å². The van der Waals surface area contributed by atoms with Gasteiger partial charge in [0.05, 0.1) is 0 Å². The van der Waals surface area contributed by atoms with Gasteiger partial charge < -0.3 is 20.4 Å². The lowest BCUT2D eigenvalue weighted by atomic mass is 10.2. The quantitative estimate of drug-likeness (QED) is 0.605. The van der Waals surface area contributed by atoms with Crippen LogP contribution in [0.2, 0.25) is 0 Å². The number of aliphatic hydroxyl groups excluding tert-OH is 1. The SMILES string of the molecule is CCCN(C(=O)NCC[C@H](O)C(=O)O)C1CC1. The summed E-state index contributed by atoms with van der Waals surface area (Å²) in [5.74, 6) is -1.26. The summed E-state index contributed by atoms with van der Waals surface area (Å²) in [5.41, 5.74) is 0. The maximum absolute atomic E-state index is 11.8. The zero-order chi connectivity index (χ0) is 12.8. The molecule has 1 aliphatic rings. The van der Waals surface area contributed by atoms with E-state index >= 15 is 0 Å². The molecule has 98 valence electrons. The van der Waals surface area contributed by atoms with E-state index in [1.807, 2.05) is 6.92 Å². The lowest BCUT2D eigenvalue weighted by Crippen LogP contribution is -2.43. The van der Waals surface area contributed by atoms with Crippen molar-refractivity contribution in [1.29, 1.82) is 0 Å². The highest BCUT2D eigenvalue weighted by molar-refractivity contribution is 5.75. The van der Waals surface area contributed by atoms with Crippen LogP contribution in [0, 0.1) is 0 Å². The average Bonchev–Trinajstić information content (AvgIpc) is 3.09.